The van der Waals surface area contributed by atoms with E-state index in [-0.39, 0.29) is 18.8 Å². The van der Waals surface area contributed by atoms with Gasteiger partial charge in [-0.3, -0.25) is 29.0 Å². The van der Waals surface area contributed by atoms with Crippen molar-refractivity contribution in [2.24, 2.45) is 0 Å². The molecule has 4 N–H and O–H groups in total. The lowest BCUT2D eigenvalue weighted by Gasteiger charge is -2.25. The van der Waals surface area contributed by atoms with Gasteiger partial charge in [0.05, 0.1) is 30.4 Å². The SMILES string of the molecule is O=C[C@H](CC(=O)O)NC(=O)CN1C(=O)C(NC(=O)c2ccccc2)CN(C(=O)NCc2ccccc2)c2ccccc21. The topological polar surface area (TPSA) is 165 Å². The summed E-state index contributed by atoms with van der Waals surface area (Å²) in [7, 11) is 0. The van der Waals surface area contributed by atoms with Crippen molar-refractivity contribution in [3.63, 3.8) is 0 Å². The van der Waals surface area contributed by atoms with Gasteiger partial charge in [-0.15, -0.1) is 0 Å². The van der Waals surface area contributed by atoms with Crippen LogP contribution in [0.5, 0.6) is 0 Å². The smallest absolute Gasteiger partial charge is 0.322 e. The van der Waals surface area contributed by atoms with Gasteiger partial charge in [-0.25, -0.2) is 4.79 Å². The number of amides is 5. The van der Waals surface area contributed by atoms with Crippen LogP contribution in [0, 0.1) is 0 Å². The Labute approximate surface area is 241 Å². The number of hydrogen-bond acceptors (Lipinski definition) is 6. The number of nitrogens with zero attached hydrogens (tertiary/aromatic N) is 2. The third-order valence-corrected chi connectivity index (χ3v) is 6.47. The summed E-state index contributed by atoms with van der Waals surface area (Å²) >= 11 is 0. The monoisotopic (exact) mass is 571 g/mol. The Bertz CT molecular complexity index is 1470. The highest BCUT2D eigenvalue weighted by Gasteiger charge is 2.38. The van der Waals surface area contributed by atoms with E-state index in [1.807, 2.05) is 30.3 Å². The third-order valence-electron chi connectivity index (χ3n) is 6.47. The molecule has 0 aliphatic carbocycles. The number of carboxylic acid groups (broad SMARTS) is 1. The number of benzene rings is 3. The van der Waals surface area contributed by atoms with Gasteiger partial charge in [0.1, 0.15) is 18.9 Å². The van der Waals surface area contributed by atoms with Crippen LogP contribution in [0.3, 0.4) is 0 Å². The maximum Gasteiger partial charge on any atom is 0.322 e. The summed E-state index contributed by atoms with van der Waals surface area (Å²) in [5.41, 5.74) is 1.66. The van der Waals surface area contributed by atoms with E-state index in [4.69, 9.17) is 5.11 Å². The van der Waals surface area contributed by atoms with Crippen molar-refractivity contribution in [2.45, 2.75) is 25.0 Å². The Morgan fingerprint density at radius 3 is 2.17 bits per heavy atom. The Morgan fingerprint density at radius 2 is 1.52 bits per heavy atom. The van der Waals surface area contributed by atoms with Crippen LogP contribution >= 0.6 is 0 Å². The third kappa shape index (κ3) is 7.36. The van der Waals surface area contributed by atoms with Gasteiger partial charge in [-0.2, -0.15) is 0 Å². The molecule has 0 bridgehead atoms. The van der Waals surface area contributed by atoms with Gasteiger partial charge in [0, 0.05) is 12.1 Å². The number of carboxylic acids is 1. The van der Waals surface area contributed by atoms with Crippen molar-refractivity contribution in [1.29, 1.82) is 0 Å². The molecule has 1 aliphatic rings. The Balaban J connectivity index is 1.66. The van der Waals surface area contributed by atoms with Crippen molar-refractivity contribution < 1.29 is 33.9 Å². The molecule has 5 amide bonds. The van der Waals surface area contributed by atoms with Gasteiger partial charge in [-0.1, -0.05) is 60.7 Å². The summed E-state index contributed by atoms with van der Waals surface area (Å²) in [6.45, 7) is -0.643. The number of anilines is 2. The van der Waals surface area contributed by atoms with Crippen molar-refractivity contribution in [1.82, 2.24) is 16.0 Å². The molecule has 0 radical (unpaired) electrons. The molecule has 1 unspecified atom stereocenters. The predicted octanol–water partition coefficient (Wildman–Crippen LogP) is 1.71. The van der Waals surface area contributed by atoms with E-state index in [1.54, 1.807) is 54.6 Å². The molecule has 0 fully saturated rings. The summed E-state index contributed by atoms with van der Waals surface area (Å²) in [5.74, 6) is -3.33. The van der Waals surface area contributed by atoms with Crippen molar-refractivity contribution in [3.8, 4) is 0 Å². The largest absolute Gasteiger partial charge is 0.481 e. The molecule has 3 aromatic rings. The van der Waals surface area contributed by atoms with E-state index in [0.717, 1.165) is 10.5 Å². The van der Waals surface area contributed by atoms with Gasteiger partial charge in [0.2, 0.25) is 5.91 Å². The molecule has 1 heterocycles. The van der Waals surface area contributed by atoms with Gasteiger partial charge in [0.15, 0.2) is 0 Å². The normalized spacial score (nSPS) is 15.0. The molecular weight excluding hydrogens is 542 g/mol. The van der Waals surface area contributed by atoms with Crippen LogP contribution in [0.2, 0.25) is 0 Å². The first kappa shape index (κ1) is 29.5. The van der Waals surface area contributed by atoms with Gasteiger partial charge in [-0.05, 0) is 29.8 Å². The zero-order chi connectivity index (χ0) is 30.1. The van der Waals surface area contributed by atoms with Gasteiger partial charge < -0.3 is 25.9 Å². The number of rotatable bonds is 10. The zero-order valence-electron chi connectivity index (χ0n) is 22.4. The standard InChI is InChI=1S/C30H29N5O7/c36-19-22(15-27(38)39)32-26(37)18-34-24-13-7-8-14-25(24)35(30(42)31-16-20-9-3-1-4-10-20)17-23(29(34)41)33-28(40)21-11-5-2-6-12-21/h1-14,19,22-23H,15-18H2,(H,31,42)(H,32,37)(H,33,40)(H,38,39)/t22-,23?/m0/s1. The van der Waals surface area contributed by atoms with Crippen LogP contribution < -0.4 is 25.8 Å². The van der Waals surface area contributed by atoms with Crippen LogP contribution in [0.15, 0.2) is 84.9 Å². The molecule has 216 valence electrons. The average Bonchev–Trinajstić information content (AvgIpc) is 3.11. The molecule has 0 aromatic heterocycles. The van der Waals surface area contributed by atoms with E-state index in [2.05, 4.69) is 16.0 Å². The number of para-hydroxylation sites is 2. The lowest BCUT2D eigenvalue weighted by atomic mass is 10.1. The summed E-state index contributed by atoms with van der Waals surface area (Å²) in [4.78, 5) is 78.2. The molecule has 42 heavy (non-hydrogen) atoms. The number of aldehydes is 1. The molecule has 0 saturated heterocycles. The average molecular weight is 572 g/mol. The second-order valence-electron chi connectivity index (χ2n) is 9.47. The highest BCUT2D eigenvalue weighted by Crippen LogP contribution is 2.33. The summed E-state index contributed by atoms with van der Waals surface area (Å²) < 4.78 is 0. The summed E-state index contributed by atoms with van der Waals surface area (Å²) in [6.07, 6.45) is -0.337. The minimum atomic E-state index is -1.30. The quantitative estimate of drug-likeness (QED) is 0.269. The molecule has 2 atom stereocenters. The second kappa shape index (κ2) is 13.7. The first-order valence-electron chi connectivity index (χ1n) is 13.1. The lowest BCUT2D eigenvalue weighted by Crippen LogP contribution is -2.55. The van der Waals surface area contributed by atoms with Gasteiger partial charge >= 0.3 is 12.0 Å². The number of urea groups is 1. The van der Waals surface area contributed by atoms with Crippen molar-refractivity contribution in [2.75, 3.05) is 22.9 Å². The first-order valence-corrected chi connectivity index (χ1v) is 13.1. The Morgan fingerprint density at radius 1 is 0.905 bits per heavy atom. The fraction of sp³-hybridized carbons (Fsp3) is 0.200. The number of fused-ring (bicyclic) bond motifs is 1. The second-order valence-corrected chi connectivity index (χ2v) is 9.47. The van der Waals surface area contributed by atoms with Crippen LogP contribution in [0.1, 0.15) is 22.3 Å². The van der Waals surface area contributed by atoms with E-state index in [9.17, 15) is 28.8 Å². The molecule has 12 heteroatoms. The molecule has 0 saturated carbocycles. The van der Waals surface area contributed by atoms with Crippen molar-refractivity contribution >= 4 is 47.4 Å². The maximum absolute atomic E-state index is 13.9. The minimum Gasteiger partial charge on any atom is -0.481 e. The lowest BCUT2D eigenvalue weighted by molar-refractivity contribution is -0.138. The van der Waals surface area contributed by atoms with Crippen LogP contribution in [0.25, 0.3) is 0 Å². The molecule has 4 rings (SSSR count). The number of carbonyl (C=O) groups excluding carboxylic acids is 5. The van der Waals surface area contributed by atoms with Gasteiger partial charge in [0.25, 0.3) is 11.8 Å². The number of hydrogen-bond donors (Lipinski definition) is 4. The van der Waals surface area contributed by atoms with Crippen LogP contribution in [-0.2, 0) is 25.7 Å². The minimum absolute atomic E-state index is 0.204. The fourth-order valence-electron chi connectivity index (χ4n) is 4.47. The van der Waals surface area contributed by atoms with E-state index >= 15 is 0 Å². The molecule has 12 nitrogen and oxygen atoms in total. The highest BCUT2D eigenvalue weighted by atomic mass is 16.4. The van der Waals surface area contributed by atoms with E-state index in [0.29, 0.717) is 17.5 Å². The predicted molar refractivity (Wildman–Crippen MR) is 153 cm³/mol. The first-order chi connectivity index (χ1) is 20.3. The molecule has 3 aromatic carbocycles. The summed E-state index contributed by atoms with van der Waals surface area (Å²) in [5, 5.41) is 16.8. The van der Waals surface area contributed by atoms with Crippen molar-refractivity contribution in [3.05, 3.63) is 96.1 Å². The maximum atomic E-state index is 13.9. The molecule has 0 spiro atoms. The molecule has 1 aliphatic heterocycles. The summed E-state index contributed by atoms with van der Waals surface area (Å²) in [6, 6.07) is 20.8. The Kier molecular flexibility index (Phi) is 9.61. The van der Waals surface area contributed by atoms with E-state index < -0.39 is 54.8 Å². The Hall–Kier alpha value is -5.52. The van der Waals surface area contributed by atoms with E-state index in [1.165, 1.54) is 4.90 Å². The number of nitrogens with one attached hydrogen (secondary N) is 3. The highest BCUT2D eigenvalue weighted by molar-refractivity contribution is 6.10. The fourth-order valence-corrected chi connectivity index (χ4v) is 4.47. The van der Waals surface area contributed by atoms with Crippen LogP contribution in [-0.4, -0.2) is 66.3 Å². The van der Waals surface area contributed by atoms with Crippen LogP contribution in [0.4, 0.5) is 16.2 Å². The number of carbonyl (C=O) groups is 6. The molecular formula is C30H29N5O7. The zero-order valence-corrected chi connectivity index (χ0v) is 22.4. The number of aliphatic carboxylic acids is 1.